The maximum Gasteiger partial charge on any atom is 0.314 e. The van der Waals surface area contributed by atoms with Crippen LogP contribution in [0.3, 0.4) is 0 Å². The minimum Gasteiger partial charge on any atom is -0.434 e. The molecular weight excluding hydrogens is 470 g/mol. The second kappa shape index (κ2) is 10.7. The molecule has 0 aliphatic heterocycles. The standard InChI is InChI=1S/C24H21N5O5S/c30-22(34-15-13-20-26-19-12-7-14-25-23(19)27-20)16-21(28-24(31)17-8-3-1-4-9-17)29-35(32,33)18-10-5-2-6-11-18/h1-15,21,29H,16H2,(H,28,31)(H,25,26,27)/t21-/m0/s1. The number of aromatic amines is 1. The van der Waals surface area contributed by atoms with Crippen LogP contribution in [0.5, 0.6) is 0 Å². The number of fused-ring (bicyclic) bond motifs is 1. The van der Waals surface area contributed by atoms with Crippen LogP contribution in [0, 0.1) is 0 Å². The van der Waals surface area contributed by atoms with E-state index >= 15 is 0 Å². The number of aromatic nitrogens is 3. The van der Waals surface area contributed by atoms with Crippen LogP contribution >= 0.6 is 0 Å². The van der Waals surface area contributed by atoms with Gasteiger partial charge in [0.25, 0.3) is 5.91 Å². The number of imidazole rings is 1. The largest absolute Gasteiger partial charge is 0.434 e. The summed E-state index contributed by atoms with van der Waals surface area (Å²) in [6.45, 7) is 0. The molecule has 2 aromatic heterocycles. The van der Waals surface area contributed by atoms with Crippen LogP contribution in [-0.4, -0.2) is 41.4 Å². The summed E-state index contributed by atoms with van der Waals surface area (Å²) >= 11 is 0. The van der Waals surface area contributed by atoms with Gasteiger partial charge in [-0.25, -0.2) is 18.4 Å². The molecule has 0 aliphatic rings. The number of ether oxygens (including phenoxy) is 1. The summed E-state index contributed by atoms with van der Waals surface area (Å²) in [6, 6.07) is 19.4. The van der Waals surface area contributed by atoms with E-state index in [1.807, 2.05) is 0 Å². The summed E-state index contributed by atoms with van der Waals surface area (Å²) < 4.78 is 33.0. The van der Waals surface area contributed by atoms with E-state index in [9.17, 15) is 18.0 Å². The van der Waals surface area contributed by atoms with Crippen LogP contribution < -0.4 is 10.0 Å². The molecule has 0 saturated heterocycles. The smallest absolute Gasteiger partial charge is 0.314 e. The number of carbonyl (C=O) groups excluding carboxylic acids is 2. The molecule has 4 aromatic rings. The maximum absolute atomic E-state index is 12.8. The average Bonchev–Trinajstić information content (AvgIpc) is 3.27. The third kappa shape index (κ3) is 6.37. The van der Waals surface area contributed by atoms with E-state index in [1.54, 1.807) is 66.9 Å². The molecule has 1 atom stereocenters. The van der Waals surface area contributed by atoms with Crippen molar-refractivity contribution in [2.24, 2.45) is 0 Å². The van der Waals surface area contributed by atoms with Crippen LogP contribution in [-0.2, 0) is 19.6 Å². The molecule has 0 radical (unpaired) electrons. The van der Waals surface area contributed by atoms with Crippen molar-refractivity contribution >= 4 is 39.1 Å². The molecule has 35 heavy (non-hydrogen) atoms. The first-order valence-corrected chi connectivity index (χ1v) is 12.0. The van der Waals surface area contributed by atoms with Gasteiger partial charge in [0.1, 0.15) is 12.0 Å². The Hall–Kier alpha value is -4.35. The van der Waals surface area contributed by atoms with Crippen LogP contribution in [0.4, 0.5) is 0 Å². The van der Waals surface area contributed by atoms with Gasteiger partial charge in [0.05, 0.1) is 23.1 Å². The first-order valence-electron chi connectivity index (χ1n) is 10.5. The highest BCUT2D eigenvalue weighted by atomic mass is 32.2. The zero-order valence-electron chi connectivity index (χ0n) is 18.3. The van der Waals surface area contributed by atoms with Crippen molar-refractivity contribution in [2.75, 3.05) is 0 Å². The number of hydrogen-bond donors (Lipinski definition) is 3. The minimum absolute atomic E-state index is 0.00859. The van der Waals surface area contributed by atoms with Gasteiger partial charge in [-0.05, 0) is 36.4 Å². The molecule has 178 valence electrons. The van der Waals surface area contributed by atoms with E-state index in [0.29, 0.717) is 17.0 Å². The first kappa shape index (κ1) is 23.8. The van der Waals surface area contributed by atoms with Crippen LogP contribution in [0.15, 0.2) is 90.2 Å². The Kier molecular flexibility index (Phi) is 7.29. The van der Waals surface area contributed by atoms with Gasteiger partial charge in [0.2, 0.25) is 10.0 Å². The Labute approximate surface area is 201 Å². The summed E-state index contributed by atoms with van der Waals surface area (Å²) in [6.07, 6.45) is 2.45. The van der Waals surface area contributed by atoms with Gasteiger partial charge in [0.15, 0.2) is 5.65 Å². The van der Waals surface area contributed by atoms with E-state index < -0.39 is 34.5 Å². The normalized spacial score (nSPS) is 12.5. The summed E-state index contributed by atoms with van der Waals surface area (Å²) in [5, 5.41) is 2.54. The highest BCUT2D eigenvalue weighted by Gasteiger charge is 2.24. The Morgan fingerprint density at radius 1 is 1.00 bits per heavy atom. The molecular formula is C24H21N5O5S. The monoisotopic (exact) mass is 491 g/mol. The van der Waals surface area contributed by atoms with Gasteiger partial charge >= 0.3 is 5.97 Å². The predicted octanol–water partition coefficient (Wildman–Crippen LogP) is 2.60. The van der Waals surface area contributed by atoms with Crippen molar-refractivity contribution in [3.8, 4) is 0 Å². The van der Waals surface area contributed by atoms with Gasteiger partial charge in [-0.15, -0.1) is 0 Å². The van der Waals surface area contributed by atoms with Crippen molar-refractivity contribution in [2.45, 2.75) is 17.5 Å². The van der Waals surface area contributed by atoms with Crippen molar-refractivity contribution in [3.63, 3.8) is 0 Å². The molecule has 2 aromatic carbocycles. The van der Waals surface area contributed by atoms with E-state index in [2.05, 4.69) is 25.0 Å². The SMILES string of the molecule is O=C(C[C@@H](NC(=O)c1ccccc1)NS(=O)(=O)c1ccccc1)OC=Cc1nc2ncccc2[nH]1. The Morgan fingerprint density at radius 3 is 2.43 bits per heavy atom. The molecule has 0 aliphatic carbocycles. The second-order valence-corrected chi connectivity index (χ2v) is 9.03. The third-order valence-electron chi connectivity index (χ3n) is 4.76. The number of sulfonamides is 1. The fourth-order valence-electron chi connectivity index (χ4n) is 3.14. The van der Waals surface area contributed by atoms with Crippen LogP contribution in [0.25, 0.3) is 17.2 Å². The van der Waals surface area contributed by atoms with Crippen LogP contribution in [0.2, 0.25) is 0 Å². The Balaban J connectivity index is 1.45. The van der Waals surface area contributed by atoms with Crippen molar-refractivity contribution in [3.05, 3.63) is 96.6 Å². The molecule has 0 saturated carbocycles. The number of benzene rings is 2. The fourth-order valence-corrected chi connectivity index (χ4v) is 4.31. The van der Waals surface area contributed by atoms with Gasteiger partial charge in [-0.2, -0.15) is 4.72 Å². The van der Waals surface area contributed by atoms with Crippen molar-refractivity contribution < 1.29 is 22.7 Å². The number of nitrogens with zero attached hydrogens (tertiary/aromatic N) is 2. The second-order valence-electron chi connectivity index (χ2n) is 7.32. The lowest BCUT2D eigenvalue weighted by Crippen LogP contribution is -2.49. The van der Waals surface area contributed by atoms with Gasteiger partial charge in [-0.3, -0.25) is 9.59 Å². The van der Waals surface area contributed by atoms with Gasteiger partial charge in [-0.1, -0.05) is 36.4 Å². The van der Waals surface area contributed by atoms with E-state index in [-0.39, 0.29) is 4.90 Å². The molecule has 0 spiro atoms. The quantitative estimate of drug-likeness (QED) is 0.185. The number of rotatable bonds is 9. The zero-order chi connectivity index (χ0) is 24.7. The van der Waals surface area contributed by atoms with Crippen LogP contribution in [0.1, 0.15) is 22.6 Å². The molecule has 10 nitrogen and oxygen atoms in total. The number of H-pyrrole nitrogens is 1. The molecule has 0 bridgehead atoms. The zero-order valence-corrected chi connectivity index (χ0v) is 19.1. The molecule has 1 amide bonds. The number of amides is 1. The average molecular weight is 492 g/mol. The highest BCUT2D eigenvalue weighted by molar-refractivity contribution is 7.89. The molecule has 2 heterocycles. The minimum atomic E-state index is -4.02. The molecule has 0 fully saturated rings. The van der Waals surface area contributed by atoms with Gasteiger partial charge in [0, 0.05) is 17.8 Å². The lowest BCUT2D eigenvalue weighted by molar-refractivity contribution is -0.138. The fraction of sp³-hybridized carbons (Fsp3) is 0.0833. The highest BCUT2D eigenvalue weighted by Crippen LogP contribution is 2.11. The lowest BCUT2D eigenvalue weighted by atomic mass is 10.2. The lowest BCUT2D eigenvalue weighted by Gasteiger charge is -2.19. The number of esters is 1. The summed E-state index contributed by atoms with van der Waals surface area (Å²) in [4.78, 5) is 36.4. The molecule has 4 rings (SSSR count). The topological polar surface area (TPSA) is 143 Å². The van der Waals surface area contributed by atoms with Gasteiger partial charge < -0.3 is 15.0 Å². The number of carbonyl (C=O) groups is 2. The van der Waals surface area contributed by atoms with E-state index in [0.717, 1.165) is 11.8 Å². The summed E-state index contributed by atoms with van der Waals surface area (Å²) in [5.74, 6) is -0.903. The third-order valence-corrected chi connectivity index (χ3v) is 6.25. The Bertz CT molecular complexity index is 1420. The van der Waals surface area contributed by atoms with Crippen molar-refractivity contribution in [1.82, 2.24) is 25.0 Å². The summed E-state index contributed by atoms with van der Waals surface area (Å²) in [5.41, 5.74) is 1.54. The van der Waals surface area contributed by atoms with Crippen molar-refractivity contribution in [1.29, 1.82) is 0 Å². The molecule has 3 N–H and O–H groups in total. The molecule has 0 unspecified atom stereocenters. The summed E-state index contributed by atoms with van der Waals surface area (Å²) in [7, 11) is -4.02. The number of nitrogens with one attached hydrogen (secondary N) is 3. The first-order chi connectivity index (χ1) is 16.9. The van der Waals surface area contributed by atoms with E-state index in [1.165, 1.54) is 18.2 Å². The Morgan fingerprint density at radius 2 is 1.71 bits per heavy atom. The number of hydrogen-bond acceptors (Lipinski definition) is 7. The number of pyridine rings is 1. The maximum atomic E-state index is 12.8. The van der Waals surface area contributed by atoms with E-state index in [4.69, 9.17) is 4.74 Å². The molecule has 11 heteroatoms. The predicted molar refractivity (Wildman–Crippen MR) is 128 cm³/mol.